The zero-order valence-electron chi connectivity index (χ0n) is 16.3. The molecule has 1 aromatic heterocycles. The minimum Gasteiger partial charge on any atom is -0.454 e. The van der Waals surface area contributed by atoms with Gasteiger partial charge in [-0.25, -0.2) is 18.5 Å². The summed E-state index contributed by atoms with van der Waals surface area (Å²) in [4.78, 5) is 8.48. The number of rotatable bonds is 6. The van der Waals surface area contributed by atoms with Gasteiger partial charge in [-0.05, 0) is 30.7 Å². The molecule has 0 amide bonds. The Labute approximate surface area is 173 Å². The summed E-state index contributed by atoms with van der Waals surface area (Å²) in [5.41, 5.74) is 3.11. The van der Waals surface area contributed by atoms with Gasteiger partial charge in [-0.15, -0.1) is 0 Å². The van der Waals surface area contributed by atoms with E-state index >= 15 is 0 Å². The summed E-state index contributed by atoms with van der Waals surface area (Å²) >= 11 is 0. The van der Waals surface area contributed by atoms with Crippen molar-refractivity contribution in [1.29, 1.82) is 0 Å². The maximum atomic E-state index is 12.0. The predicted molar refractivity (Wildman–Crippen MR) is 113 cm³/mol. The minimum absolute atomic E-state index is 0.00950. The fourth-order valence-corrected chi connectivity index (χ4v) is 3.67. The quantitative estimate of drug-likeness (QED) is 0.466. The van der Waals surface area contributed by atoms with Crippen LogP contribution in [0.25, 0.3) is 0 Å². The summed E-state index contributed by atoms with van der Waals surface area (Å²) in [5.74, 6) is 1.44. The second-order valence-electron chi connectivity index (χ2n) is 6.54. The number of anilines is 5. The largest absolute Gasteiger partial charge is 0.454 e. The zero-order valence-corrected chi connectivity index (χ0v) is 17.1. The van der Waals surface area contributed by atoms with Crippen LogP contribution in [0.3, 0.4) is 0 Å². The fourth-order valence-electron chi connectivity index (χ4n) is 2.98. The van der Waals surface area contributed by atoms with Gasteiger partial charge in [-0.2, -0.15) is 4.98 Å². The molecule has 0 bridgehead atoms. The molecule has 0 saturated heterocycles. The Morgan fingerprint density at radius 1 is 1.03 bits per heavy atom. The molecule has 0 radical (unpaired) electrons. The van der Waals surface area contributed by atoms with Crippen LogP contribution in [0.2, 0.25) is 0 Å². The lowest BCUT2D eigenvalue weighted by Gasteiger charge is -2.13. The number of fused-ring (bicyclic) bond motifs is 1. The SMILES string of the molecule is CNc1cc(Nc2nccc(Nc3cc4c(cc3S(N)(=O)=O)OCO4)n2)ccc1C. The van der Waals surface area contributed by atoms with Crippen LogP contribution in [0.15, 0.2) is 47.5 Å². The summed E-state index contributed by atoms with van der Waals surface area (Å²) in [6.07, 6.45) is 1.55. The van der Waals surface area contributed by atoms with Crippen molar-refractivity contribution < 1.29 is 17.9 Å². The second-order valence-corrected chi connectivity index (χ2v) is 8.07. The van der Waals surface area contributed by atoms with Crippen molar-refractivity contribution in [2.24, 2.45) is 5.14 Å². The number of aryl methyl sites for hydroxylation is 1. The lowest BCUT2D eigenvalue weighted by atomic mass is 10.2. The number of hydrogen-bond donors (Lipinski definition) is 4. The highest BCUT2D eigenvalue weighted by Gasteiger charge is 2.23. The Morgan fingerprint density at radius 2 is 1.80 bits per heavy atom. The van der Waals surface area contributed by atoms with Crippen molar-refractivity contribution >= 4 is 38.9 Å². The number of nitrogens with two attached hydrogens (primary N) is 1. The van der Waals surface area contributed by atoms with E-state index in [1.54, 1.807) is 12.3 Å². The summed E-state index contributed by atoms with van der Waals surface area (Å²) in [6.45, 7) is 2.01. The molecule has 4 rings (SSSR count). The lowest BCUT2D eigenvalue weighted by Crippen LogP contribution is -2.14. The number of sulfonamides is 1. The van der Waals surface area contributed by atoms with Crippen LogP contribution in [-0.2, 0) is 10.0 Å². The smallest absolute Gasteiger partial charge is 0.240 e. The van der Waals surface area contributed by atoms with Crippen LogP contribution in [0.1, 0.15) is 5.56 Å². The normalized spacial score (nSPS) is 12.5. The van der Waals surface area contributed by atoms with E-state index in [0.29, 0.717) is 23.3 Å². The van der Waals surface area contributed by atoms with E-state index in [1.165, 1.54) is 12.1 Å². The number of aromatic nitrogens is 2. The second kappa shape index (κ2) is 7.69. The molecule has 11 heteroatoms. The van der Waals surface area contributed by atoms with Gasteiger partial charge in [-0.1, -0.05) is 6.07 Å². The van der Waals surface area contributed by atoms with Crippen LogP contribution in [-0.4, -0.2) is 32.2 Å². The van der Waals surface area contributed by atoms with Gasteiger partial charge in [0, 0.05) is 36.8 Å². The first-order valence-electron chi connectivity index (χ1n) is 8.95. The minimum atomic E-state index is -4.01. The fraction of sp³-hybridized carbons (Fsp3) is 0.158. The summed E-state index contributed by atoms with van der Waals surface area (Å²) in [7, 11) is -2.16. The Bertz CT molecular complexity index is 1220. The van der Waals surface area contributed by atoms with E-state index in [-0.39, 0.29) is 17.4 Å². The molecule has 0 unspecified atom stereocenters. The summed E-state index contributed by atoms with van der Waals surface area (Å²) in [6, 6.07) is 10.3. The van der Waals surface area contributed by atoms with E-state index in [2.05, 4.69) is 25.9 Å². The highest BCUT2D eigenvalue weighted by molar-refractivity contribution is 7.89. The number of nitrogens with zero attached hydrogens (tertiary/aromatic N) is 2. The van der Waals surface area contributed by atoms with E-state index in [9.17, 15) is 8.42 Å². The van der Waals surface area contributed by atoms with Crippen LogP contribution in [0.5, 0.6) is 11.5 Å². The molecule has 0 atom stereocenters. The Hall–Kier alpha value is -3.57. The maximum Gasteiger partial charge on any atom is 0.240 e. The Kier molecular flexibility index (Phi) is 5.06. The van der Waals surface area contributed by atoms with Crippen molar-refractivity contribution in [3.05, 3.63) is 48.2 Å². The molecule has 156 valence electrons. The highest BCUT2D eigenvalue weighted by Crippen LogP contribution is 2.39. The summed E-state index contributed by atoms with van der Waals surface area (Å²) < 4.78 is 34.6. The number of primary sulfonamides is 1. The molecule has 3 aromatic rings. The van der Waals surface area contributed by atoms with Crippen LogP contribution in [0, 0.1) is 6.92 Å². The van der Waals surface area contributed by atoms with Gasteiger partial charge in [0.25, 0.3) is 0 Å². The third-order valence-corrected chi connectivity index (χ3v) is 5.41. The molecule has 0 aliphatic carbocycles. The highest BCUT2D eigenvalue weighted by atomic mass is 32.2. The average Bonchev–Trinajstić information content (AvgIpc) is 3.16. The summed E-state index contributed by atoms with van der Waals surface area (Å²) in [5, 5.41) is 14.6. The van der Waals surface area contributed by atoms with Crippen LogP contribution < -0.4 is 30.6 Å². The van der Waals surface area contributed by atoms with E-state index in [1.807, 2.05) is 32.2 Å². The Morgan fingerprint density at radius 3 is 2.53 bits per heavy atom. The van der Waals surface area contributed by atoms with Crippen molar-refractivity contribution in [3.63, 3.8) is 0 Å². The molecule has 30 heavy (non-hydrogen) atoms. The number of ether oxygens (including phenoxy) is 2. The van der Waals surface area contributed by atoms with E-state index in [4.69, 9.17) is 14.6 Å². The van der Waals surface area contributed by atoms with Gasteiger partial charge in [0.2, 0.25) is 22.8 Å². The van der Waals surface area contributed by atoms with Gasteiger partial charge in [-0.3, -0.25) is 0 Å². The van der Waals surface area contributed by atoms with E-state index in [0.717, 1.165) is 16.9 Å². The molecule has 2 aromatic carbocycles. The molecule has 0 fully saturated rings. The molecule has 10 nitrogen and oxygen atoms in total. The van der Waals surface area contributed by atoms with Crippen molar-refractivity contribution in [2.75, 3.05) is 29.8 Å². The van der Waals surface area contributed by atoms with Crippen molar-refractivity contribution in [3.8, 4) is 11.5 Å². The van der Waals surface area contributed by atoms with Gasteiger partial charge < -0.3 is 25.4 Å². The number of hydrogen-bond acceptors (Lipinski definition) is 9. The molecule has 5 N–H and O–H groups in total. The van der Waals surface area contributed by atoms with Crippen LogP contribution >= 0.6 is 0 Å². The van der Waals surface area contributed by atoms with Crippen LogP contribution in [0.4, 0.5) is 28.8 Å². The van der Waals surface area contributed by atoms with Gasteiger partial charge in [0.05, 0.1) is 5.69 Å². The Balaban J connectivity index is 1.63. The molecule has 0 saturated carbocycles. The van der Waals surface area contributed by atoms with Crippen molar-refractivity contribution in [2.45, 2.75) is 11.8 Å². The number of benzene rings is 2. The number of nitrogens with one attached hydrogen (secondary N) is 3. The average molecular weight is 428 g/mol. The lowest BCUT2D eigenvalue weighted by molar-refractivity contribution is 0.174. The van der Waals surface area contributed by atoms with Crippen molar-refractivity contribution in [1.82, 2.24) is 9.97 Å². The molecule has 0 spiro atoms. The first-order valence-corrected chi connectivity index (χ1v) is 10.5. The van der Waals surface area contributed by atoms with Gasteiger partial charge in [0.15, 0.2) is 11.5 Å². The first-order chi connectivity index (χ1) is 14.3. The van der Waals surface area contributed by atoms with E-state index < -0.39 is 10.0 Å². The van der Waals surface area contributed by atoms with Gasteiger partial charge in [0.1, 0.15) is 10.7 Å². The molecule has 2 heterocycles. The third-order valence-electron chi connectivity index (χ3n) is 4.46. The molecule has 1 aliphatic heterocycles. The third kappa shape index (κ3) is 4.07. The predicted octanol–water partition coefficient (Wildman–Crippen LogP) is 2.69. The molecule has 1 aliphatic rings. The topological polar surface area (TPSA) is 140 Å². The molecular weight excluding hydrogens is 408 g/mol. The zero-order chi connectivity index (χ0) is 21.3. The van der Waals surface area contributed by atoms with Gasteiger partial charge >= 0.3 is 0 Å². The first kappa shape index (κ1) is 19.7. The maximum absolute atomic E-state index is 12.0. The molecular formula is C19H20N6O4S. The monoisotopic (exact) mass is 428 g/mol. The standard InChI is InChI=1S/C19H20N6O4S/c1-11-3-4-12(7-13(11)21-2)23-19-22-6-5-18(25-19)24-14-8-15-16(29-10-28-15)9-17(14)30(20,26)27/h3-9,21H,10H2,1-2H3,(H2,20,26,27)(H2,22,23,24,25).